The van der Waals surface area contributed by atoms with E-state index in [1.165, 1.54) is 24.3 Å². The lowest BCUT2D eigenvalue weighted by atomic mass is 10.1. The number of hydrogen-bond donors (Lipinski definition) is 0. The van der Waals surface area contributed by atoms with Crippen molar-refractivity contribution in [3.8, 4) is 16.9 Å². The van der Waals surface area contributed by atoms with Gasteiger partial charge in [0.15, 0.2) is 0 Å². The lowest BCUT2D eigenvalue weighted by Crippen LogP contribution is -2.02. The van der Waals surface area contributed by atoms with E-state index >= 15 is 0 Å². The molecule has 0 saturated heterocycles. The van der Waals surface area contributed by atoms with Crippen LogP contribution in [-0.2, 0) is 4.84 Å². The topological polar surface area (TPSA) is 26.5 Å². The Morgan fingerprint density at radius 1 is 1.07 bits per heavy atom. The standard InChI is InChI=1S/C22H20F2N2O/c1-4-13-27-25-15(2)21-14-22(17-5-7-18(23)8-6-17)26(16(21)3)20-11-9-19(24)10-12-20/h4-12,14H,1,13H2,2-3H3/b25-15+. The Morgan fingerprint density at radius 2 is 1.67 bits per heavy atom. The maximum absolute atomic E-state index is 13.4. The Labute approximate surface area is 157 Å². The number of oxime groups is 1. The van der Waals surface area contributed by atoms with Gasteiger partial charge in [-0.25, -0.2) is 8.78 Å². The quantitative estimate of drug-likeness (QED) is 0.239. The second kappa shape index (κ2) is 7.99. The number of rotatable bonds is 6. The SMILES string of the molecule is C=CCO/N=C(\C)c1cc(-c2ccc(F)cc2)n(-c2ccc(F)cc2)c1C. The fourth-order valence-corrected chi connectivity index (χ4v) is 2.97. The van der Waals surface area contributed by atoms with Crippen LogP contribution >= 0.6 is 0 Å². The van der Waals surface area contributed by atoms with Gasteiger partial charge in [0.2, 0.25) is 0 Å². The fraction of sp³-hybridized carbons (Fsp3) is 0.136. The zero-order chi connectivity index (χ0) is 19.4. The van der Waals surface area contributed by atoms with Crippen LogP contribution < -0.4 is 0 Å². The van der Waals surface area contributed by atoms with Gasteiger partial charge in [-0.3, -0.25) is 0 Å². The molecule has 1 heterocycles. The molecule has 3 rings (SSSR count). The highest BCUT2D eigenvalue weighted by molar-refractivity contribution is 6.01. The Bertz CT molecular complexity index is 971. The van der Waals surface area contributed by atoms with E-state index in [-0.39, 0.29) is 11.6 Å². The molecule has 0 amide bonds. The molecule has 0 aliphatic heterocycles. The molecular weight excluding hydrogens is 346 g/mol. The Morgan fingerprint density at radius 3 is 2.26 bits per heavy atom. The van der Waals surface area contributed by atoms with Gasteiger partial charge in [0.1, 0.15) is 18.2 Å². The summed E-state index contributed by atoms with van der Waals surface area (Å²) in [7, 11) is 0. The summed E-state index contributed by atoms with van der Waals surface area (Å²) in [5.41, 5.74) is 5.02. The molecule has 0 fully saturated rings. The first-order chi connectivity index (χ1) is 13.0. The van der Waals surface area contributed by atoms with E-state index in [9.17, 15) is 8.78 Å². The lowest BCUT2D eigenvalue weighted by molar-refractivity contribution is 0.175. The average molecular weight is 366 g/mol. The van der Waals surface area contributed by atoms with Crippen LogP contribution in [0.2, 0.25) is 0 Å². The average Bonchev–Trinajstić information content (AvgIpc) is 3.00. The van der Waals surface area contributed by atoms with Gasteiger partial charge in [0, 0.05) is 16.9 Å². The largest absolute Gasteiger partial charge is 0.391 e. The van der Waals surface area contributed by atoms with Crippen LogP contribution in [0.4, 0.5) is 8.78 Å². The van der Waals surface area contributed by atoms with Gasteiger partial charge in [-0.15, -0.1) is 0 Å². The van der Waals surface area contributed by atoms with Crippen LogP contribution in [-0.4, -0.2) is 16.9 Å². The molecule has 0 saturated carbocycles. The highest BCUT2D eigenvalue weighted by Crippen LogP contribution is 2.30. The number of nitrogens with zero attached hydrogens (tertiary/aromatic N) is 2. The summed E-state index contributed by atoms with van der Waals surface area (Å²) in [4.78, 5) is 5.21. The van der Waals surface area contributed by atoms with Crippen molar-refractivity contribution in [1.82, 2.24) is 4.57 Å². The zero-order valence-corrected chi connectivity index (χ0v) is 15.2. The van der Waals surface area contributed by atoms with E-state index in [2.05, 4.69) is 11.7 Å². The molecular formula is C22H20F2N2O. The summed E-state index contributed by atoms with van der Waals surface area (Å²) in [6.07, 6.45) is 1.62. The molecule has 3 nitrogen and oxygen atoms in total. The first-order valence-electron chi connectivity index (χ1n) is 8.53. The van der Waals surface area contributed by atoms with E-state index in [4.69, 9.17) is 4.84 Å². The van der Waals surface area contributed by atoms with Crippen molar-refractivity contribution in [3.05, 3.63) is 90.1 Å². The molecule has 0 aliphatic carbocycles. The number of aromatic nitrogens is 1. The highest BCUT2D eigenvalue weighted by Gasteiger charge is 2.17. The van der Waals surface area contributed by atoms with Crippen LogP contribution in [0.25, 0.3) is 16.9 Å². The van der Waals surface area contributed by atoms with E-state index in [1.54, 1.807) is 30.3 Å². The van der Waals surface area contributed by atoms with Crippen LogP contribution in [0.5, 0.6) is 0 Å². The smallest absolute Gasteiger partial charge is 0.135 e. The summed E-state index contributed by atoms with van der Waals surface area (Å²) in [6, 6.07) is 14.5. The first kappa shape index (κ1) is 18.6. The number of benzene rings is 2. The minimum atomic E-state index is -0.303. The third kappa shape index (κ3) is 3.97. The van der Waals surface area contributed by atoms with Crippen molar-refractivity contribution >= 4 is 5.71 Å². The zero-order valence-electron chi connectivity index (χ0n) is 15.2. The van der Waals surface area contributed by atoms with Crippen LogP contribution in [0.15, 0.2) is 72.4 Å². The van der Waals surface area contributed by atoms with E-state index < -0.39 is 0 Å². The van der Waals surface area contributed by atoms with Crippen molar-refractivity contribution in [2.24, 2.45) is 5.16 Å². The second-order valence-electron chi connectivity index (χ2n) is 6.11. The van der Waals surface area contributed by atoms with E-state index in [0.29, 0.717) is 12.3 Å². The van der Waals surface area contributed by atoms with Crippen LogP contribution in [0.1, 0.15) is 18.2 Å². The van der Waals surface area contributed by atoms with Gasteiger partial charge in [-0.1, -0.05) is 17.8 Å². The van der Waals surface area contributed by atoms with Crippen LogP contribution in [0, 0.1) is 18.6 Å². The minimum absolute atomic E-state index is 0.300. The minimum Gasteiger partial charge on any atom is -0.391 e. The maximum atomic E-state index is 13.4. The Kier molecular flexibility index (Phi) is 5.50. The Balaban J connectivity index is 2.16. The van der Waals surface area contributed by atoms with E-state index in [0.717, 1.165) is 28.2 Å². The van der Waals surface area contributed by atoms with Crippen LogP contribution in [0.3, 0.4) is 0 Å². The molecule has 0 N–H and O–H groups in total. The maximum Gasteiger partial charge on any atom is 0.135 e. The van der Waals surface area contributed by atoms with Gasteiger partial charge < -0.3 is 9.40 Å². The second-order valence-corrected chi connectivity index (χ2v) is 6.11. The lowest BCUT2D eigenvalue weighted by Gasteiger charge is -2.12. The third-order valence-corrected chi connectivity index (χ3v) is 4.26. The highest BCUT2D eigenvalue weighted by atomic mass is 19.1. The molecule has 0 spiro atoms. The summed E-state index contributed by atoms with van der Waals surface area (Å²) in [5.74, 6) is -0.603. The number of hydrogen-bond acceptors (Lipinski definition) is 2. The van der Waals surface area contributed by atoms with Gasteiger partial charge in [0.05, 0.1) is 11.4 Å². The van der Waals surface area contributed by atoms with Crippen molar-refractivity contribution < 1.29 is 13.6 Å². The molecule has 27 heavy (non-hydrogen) atoms. The molecule has 138 valence electrons. The summed E-state index contributed by atoms with van der Waals surface area (Å²) < 4.78 is 28.7. The molecule has 2 aromatic carbocycles. The predicted molar refractivity (Wildman–Crippen MR) is 104 cm³/mol. The molecule has 3 aromatic rings. The van der Waals surface area contributed by atoms with Crippen molar-refractivity contribution in [3.63, 3.8) is 0 Å². The summed E-state index contributed by atoms with van der Waals surface area (Å²) in [5, 5.41) is 4.13. The fourth-order valence-electron chi connectivity index (χ4n) is 2.97. The van der Waals surface area contributed by atoms with Gasteiger partial charge >= 0.3 is 0 Å². The third-order valence-electron chi connectivity index (χ3n) is 4.26. The molecule has 0 unspecified atom stereocenters. The summed E-state index contributed by atoms with van der Waals surface area (Å²) >= 11 is 0. The monoisotopic (exact) mass is 366 g/mol. The molecule has 0 atom stereocenters. The van der Waals surface area contributed by atoms with E-state index in [1.807, 2.05) is 24.5 Å². The van der Waals surface area contributed by atoms with Crippen molar-refractivity contribution in [2.45, 2.75) is 13.8 Å². The molecule has 0 radical (unpaired) electrons. The predicted octanol–water partition coefficient (Wildman–Crippen LogP) is 5.66. The molecule has 1 aromatic heterocycles. The molecule has 0 aliphatic rings. The number of halogens is 2. The molecule has 0 bridgehead atoms. The summed E-state index contributed by atoms with van der Waals surface area (Å²) in [6.45, 7) is 7.73. The van der Waals surface area contributed by atoms with Gasteiger partial charge in [-0.2, -0.15) is 0 Å². The van der Waals surface area contributed by atoms with Crippen molar-refractivity contribution in [2.75, 3.05) is 6.61 Å². The normalized spacial score (nSPS) is 11.5. The van der Waals surface area contributed by atoms with Gasteiger partial charge in [0.25, 0.3) is 0 Å². The van der Waals surface area contributed by atoms with Crippen molar-refractivity contribution in [1.29, 1.82) is 0 Å². The Hall–Kier alpha value is -3.21. The first-order valence-corrected chi connectivity index (χ1v) is 8.53. The van der Waals surface area contributed by atoms with Gasteiger partial charge in [-0.05, 0) is 74.0 Å². The molecule has 5 heteroatoms.